The zero-order chi connectivity index (χ0) is 20.1. The van der Waals surface area contributed by atoms with E-state index in [1.807, 2.05) is 0 Å². The minimum absolute atomic E-state index is 0.248. The lowest BCUT2D eigenvalue weighted by molar-refractivity contribution is -0.115. The summed E-state index contributed by atoms with van der Waals surface area (Å²) in [7, 11) is 1.48. The molecule has 1 heterocycles. The molecule has 0 fully saturated rings. The summed E-state index contributed by atoms with van der Waals surface area (Å²) in [5, 5.41) is 7.38. The molecule has 2 amide bonds. The predicted octanol–water partition coefficient (Wildman–Crippen LogP) is 3.98. The molecule has 28 heavy (non-hydrogen) atoms. The molecule has 144 valence electrons. The number of carbonyl (C=O) groups excluding carboxylic acids is 2. The van der Waals surface area contributed by atoms with Gasteiger partial charge in [-0.25, -0.2) is 9.37 Å². The van der Waals surface area contributed by atoms with Gasteiger partial charge in [0.25, 0.3) is 5.91 Å². The van der Waals surface area contributed by atoms with Crippen LogP contribution in [-0.4, -0.2) is 30.5 Å². The number of aromatic nitrogens is 1. The lowest BCUT2D eigenvalue weighted by atomic mass is 10.1. The molecule has 0 saturated carbocycles. The third kappa shape index (κ3) is 4.65. The molecule has 3 aromatic rings. The Morgan fingerprint density at radius 2 is 2.04 bits per heavy atom. The number of nitrogens with one attached hydrogen (secondary N) is 2. The number of methoxy groups -OCH3 is 1. The lowest BCUT2D eigenvalue weighted by Gasteiger charge is -2.07. The minimum atomic E-state index is -0.454. The standard InChI is InChI=1S/C19H15ClFN3O3S/c1-27-16-7-6-11(21)8-13(16)15-10-28-19(23-15)24-17(25)9-22-18(26)12-4-2-3-5-14(12)20/h2-8,10H,9H2,1H3,(H,22,26)(H,23,24,25). The van der Waals surface area contributed by atoms with E-state index in [-0.39, 0.29) is 12.1 Å². The fourth-order valence-corrected chi connectivity index (χ4v) is 3.35. The van der Waals surface area contributed by atoms with Crippen LogP contribution < -0.4 is 15.4 Å². The average Bonchev–Trinajstić information content (AvgIpc) is 3.14. The lowest BCUT2D eigenvalue weighted by Crippen LogP contribution is -2.32. The molecule has 0 aliphatic rings. The third-order valence-corrected chi connectivity index (χ3v) is 4.80. The van der Waals surface area contributed by atoms with E-state index in [9.17, 15) is 14.0 Å². The van der Waals surface area contributed by atoms with E-state index < -0.39 is 17.6 Å². The molecule has 1 aromatic heterocycles. The maximum Gasteiger partial charge on any atom is 0.253 e. The molecule has 0 unspecified atom stereocenters. The molecule has 3 rings (SSSR count). The molecule has 0 radical (unpaired) electrons. The van der Waals surface area contributed by atoms with Gasteiger partial charge in [-0.05, 0) is 30.3 Å². The van der Waals surface area contributed by atoms with Crippen LogP contribution in [0.5, 0.6) is 5.75 Å². The monoisotopic (exact) mass is 419 g/mol. The van der Waals surface area contributed by atoms with Gasteiger partial charge in [0, 0.05) is 10.9 Å². The van der Waals surface area contributed by atoms with Crippen LogP contribution in [-0.2, 0) is 4.79 Å². The van der Waals surface area contributed by atoms with Gasteiger partial charge in [-0.2, -0.15) is 0 Å². The Labute approximate surface area is 169 Å². The van der Waals surface area contributed by atoms with Crippen molar-refractivity contribution in [2.75, 3.05) is 19.0 Å². The Balaban J connectivity index is 1.62. The fourth-order valence-electron chi connectivity index (χ4n) is 2.40. The smallest absolute Gasteiger partial charge is 0.253 e. The van der Waals surface area contributed by atoms with Gasteiger partial charge < -0.3 is 15.4 Å². The Kier molecular flexibility index (Phi) is 6.23. The number of hydrogen-bond acceptors (Lipinski definition) is 5. The molecule has 0 aliphatic heterocycles. The highest BCUT2D eigenvalue weighted by Gasteiger charge is 2.14. The van der Waals surface area contributed by atoms with Gasteiger partial charge >= 0.3 is 0 Å². The van der Waals surface area contributed by atoms with Crippen LogP contribution in [0.2, 0.25) is 5.02 Å². The van der Waals surface area contributed by atoms with Gasteiger partial charge in [0.1, 0.15) is 11.6 Å². The number of hydrogen-bond donors (Lipinski definition) is 2. The molecule has 9 heteroatoms. The summed E-state index contributed by atoms with van der Waals surface area (Å²) in [6, 6.07) is 10.6. The molecule has 0 saturated heterocycles. The summed E-state index contributed by atoms with van der Waals surface area (Å²) in [6.45, 7) is -0.248. The maximum atomic E-state index is 13.5. The predicted molar refractivity (Wildman–Crippen MR) is 106 cm³/mol. The summed E-state index contributed by atoms with van der Waals surface area (Å²) in [5.41, 5.74) is 1.23. The summed E-state index contributed by atoms with van der Waals surface area (Å²) in [6.07, 6.45) is 0. The van der Waals surface area contributed by atoms with Crippen LogP contribution in [0.25, 0.3) is 11.3 Å². The van der Waals surface area contributed by atoms with Crippen LogP contribution in [0.4, 0.5) is 9.52 Å². The first-order valence-electron chi connectivity index (χ1n) is 8.10. The molecule has 2 aromatic carbocycles. The molecular formula is C19H15ClFN3O3S. The molecule has 0 bridgehead atoms. The molecule has 6 nitrogen and oxygen atoms in total. The number of benzene rings is 2. The van der Waals surface area contributed by atoms with Gasteiger partial charge in [-0.1, -0.05) is 23.7 Å². The van der Waals surface area contributed by atoms with Gasteiger partial charge in [0.15, 0.2) is 5.13 Å². The van der Waals surface area contributed by atoms with Crippen molar-refractivity contribution in [3.8, 4) is 17.0 Å². The Morgan fingerprint density at radius 1 is 1.25 bits per heavy atom. The first-order chi connectivity index (χ1) is 13.5. The topological polar surface area (TPSA) is 80.3 Å². The van der Waals surface area contributed by atoms with Crippen molar-refractivity contribution in [1.29, 1.82) is 0 Å². The third-order valence-electron chi connectivity index (χ3n) is 3.72. The largest absolute Gasteiger partial charge is 0.496 e. The first kappa shape index (κ1) is 19.8. The van der Waals surface area contributed by atoms with Crippen molar-refractivity contribution in [2.45, 2.75) is 0 Å². The van der Waals surface area contributed by atoms with E-state index in [1.165, 1.54) is 36.6 Å². The number of carbonyl (C=O) groups is 2. The highest BCUT2D eigenvalue weighted by atomic mass is 35.5. The minimum Gasteiger partial charge on any atom is -0.496 e. The van der Waals surface area contributed by atoms with E-state index in [1.54, 1.807) is 29.6 Å². The van der Waals surface area contributed by atoms with E-state index in [0.29, 0.717) is 27.2 Å². The summed E-state index contributed by atoms with van der Waals surface area (Å²) in [4.78, 5) is 28.4. The van der Waals surface area contributed by atoms with Crippen molar-refractivity contribution in [3.63, 3.8) is 0 Å². The second kappa shape index (κ2) is 8.81. The molecule has 0 spiro atoms. The Bertz CT molecular complexity index is 1030. The fraction of sp³-hybridized carbons (Fsp3) is 0.105. The zero-order valence-electron chi connectivity index (χ0n) is 14.7. The maximum absolute atomic E-state index is 13.5. The normalized spacial score (nSPS) is 10.4. The number of rotatable bonds is 6. The van der Waals surface area contributed by atoms with Crippen LogP contribution in [0, 0.1) is 5.82 Å². The molecule has 0 aliphatic carbocycles. The molecule has 2 N–H and O–H groups in total. The summed E-state index contributed by atoms with van der Waals surface area (Å²) >= 11 is 7.13. The second-order valence-corrected chi connectivity index (χ2v) is 6.86. The van der Waals surface area contributed by atoms with Gasteiger partial charge in [0.2, 0.25) is 5.91 Å². The average molecular weight is 420 g/mol. The molecule has 0 atom stereocenters. The summed E-state index contributed by atoms with van der Waals surface area (Å²) in [5.74, 6) is -0.856. The quantitative estimate of drug-likeness (QED) is 0.633. The summed E-state index contributed by atoms with van der Waals surface area (Å²) < 4.78 is 18.7. The van der Waals surface area contributed by atoms with Crippen LogP contribution in [0.15, 0.2) is 47.8 Å². The zero-order valence-corrected chi connectivity index (χ0v) is 16.2. The SMILES string of the molecule is COc1ccc(F)cc1-c1csc(NC(=O)CNC(=O)c2ccccc2Cl)n1. The van der Waals surface area contributed by atoms with Crippen molar-refractivity contribution < 1.29 is 18.7 Å². The number of amides is 2. The first-order valence-corrected chi connectivity index (χ1v) is 9.35. The van der Waals surface area contributed by atoms with E-state index in [0.717, 1.165) is 0 Å². The van der Waals surface area contributed by atoms with Crippen LogP contribution >= 0.6 is 22.9 Å². The van der Waals surface area contributed by atoms with Crippen molar-refractivity contribution in [2.24, 2.45) is 0 Å². The van der Waals surface area contributed by atoms with E-state index in [2.05, 4.69) is 15.6 Å². The Hall–Kier alpha value is -2.97. The number of anilines is 1. The Morgan fingerprint density at radius 3 is 2.79 bits per heavy atom. The van der Waals surface area contributed by atoms with Crippen molar-refractivity contribution in [1.82, 2.24) is 10.3 Å². The van der Waals surface area contributed by atoms with Gasteiger partial charge in [-0.3, -0.25) is 9.59 Å². The van der Waals surface area contributed by atoms with E-state index in [4.69, 9.17) is 16.3 Å². The highest BCUT2D eigenvalue weighted by Crippen LogP contribution is 2.32. The number of ether oxygens (including phenoxy) is 1. The molecular weight excluding hydrogens is 405 g/mol. The van der Waals surface area contributed by atoms with Crippen molar-refractivity contribution in [3.05, 3.63) is 64.2 Å². The number of halogens is 2. The van der Waals surface area contributed by atoms with Crippen molar-refractivity contribution >= 4 is 39.9 Å². The number of nitrogens with zero attached hydrogens (tertiary/aromatic N) is 1. The van der Waals surface area contributed by atoms with E-state index >= 15 is 0 Å². The number of thiazole rings is 1. The van der Waals surface area contributed by atoms with Crippen LogP contribution in [0.1, 0.15) is 10.4 Å². The second-order valence-electron chi connectivity index (χ2n) is 5.59. The van der Waals surface area contributed by atoms with Gasteiger partial charge in [-0.15, -0.1) is 11.3 Å². The van der Waals surface area contributed by atoms with Gasteiger partial charge in [0.05, 0.1) is 29.9 Å². The highest BCUT2D eigenvalue weighted by molar-refractivity contribution is 7.14. The van der Waals surface area contributed by atoms with Crippen LogP contribution in [0.3, 0.4) is 0 Å².